The number of phenolic OH excluding ortho intramolecular Hbond substituents is 1. The van der Waals surface area contributed by atoms with Crippen LogP contribution in [0.15, 0.2) is 54.0 Å². The lowest BCUT2D eigenvalue weighted by Crippen LogP contribution is -2.66. The fourth-order valence-corrected chi connectivity index (χ4v) is 6.72. The van der Waals surface area contributed by atoms with Crippen LogP contribution in [0.1, 0.15) is 37.9 Å². The summed E-state index contributed by atoms with van der Waals surface area (Å²) in [6.45, 7) is 10.7. The molecule has 2 aromatic carbocycles. The Balaban J connectivity index is 1.80. The first kappa shape index (κ1) is 30.9. The maximum absolute atomic E-state index is 17.2. The number of aromatic hydroxyl groups is 1. The van der Waals surface area contributed by atoms with E-state index in [0.29, 0.717) is 11.3 Å². The van der Waals surface area contributed by atoms with E-state index in [4.69, 9.17) is 0 Å². The minimum Gasteiger partial charge on any atom is -0.507 e. The fourth-order valence-electron chi connectivity index (χ4n) is 6.72. The van der Waals surface area contributed by atoms with Gasteiger partial charge in [-0.1, -0.05) is 26.5 Å². The molecule has 2 aliphatic rings. The van der Waals surface area contributed by atoms with E-state index in [2.05, 4.69) is 11.6 Å². The van der Waals surface area contributed by atoms with Gasteiger partial charge < -0.3 is 19.8 Å². The number of hydrogen-bond donors (Lipinski definition) is 1. The van der Waals surface area contributed by atoms with Crippen molar-refractivity contribution in [3.8, 4) is 22.6 Å². The minimum absolute atomic E-state index is 0.0510. The molecule has 12 heteroatoms. The van der Waals surface area contributed by atoms with Crippen LogP contribution in [0.2, 0.25) is 0 Å². The number of carbonyl (C=O) groups excluding carboxylic acids is 2. The summed E-state index contributed by atoms with van der Waals surface area (Å²) < 4.78 is 49.6. The first-order chi connectivity index (χ1) is 21.8. The average Bonchev–Trinajstić information content (AvgIpc) is 3.00. The van der Waals surface area contributed by atoms with Crippen LogP contribution < -0.4 is 15.4 Å². The van der Waals surface area contributed by atoms with E-state index in [9.17, 15) is 19.5 Å². The molecule has 46 heavy (non-hydrogen) atoms. The number of aryl methyl sites for hydroxylation is 1. The summed E-state index contributed by atoms with van der Waals surface area (Å²) in [5.74, 6) is -5.32. The quantitative estimate of drug-likeness (QED) is 0.312. The first-order valence-corrected chi connectivity index (χ1v) is 14.8. The molecule has 2 atom stereocenters. The maximum Gasteiger partial charge on any atom is 0.281 e. The number of hydrogen-bond acceptors (Lipinski definition) is 6. The Morgan fingerprint density at radius 2 is 1.78 bits per heavy atom. The van der Waals surface area contributed by atoms with Gasteiger partial charge in [0.1, 0.15) is 29.1 Å². The second-order valence-electron chi connectivity index (χ2n) is 12.0. The van der Waals surface area contributed by atoms with Gasteiger partial charge in [-0.15, -0.1) is 0 Å². The molecule has 0 radical (unpaired) electrons. The molecular weight excluding hydrogens is 599 g/mol. The molecule has 0 saturated carbocycles. The number of likely N-dealkylation sites (N-methyl/N-ethyl adjacent to an activating group) is 1. The van der Waals surface area contributed by atoms with Crippen molar-refractivity contribution in [1.82, 2.24) is 14.5 Å². The van der Waals surface area contributed by atoms with Crippen molar-refractivity contribution >= 4 is 34.1 Å². The van der Waals surface area contributed by atoms with Gasteiger partial charge in [-0.25, -0.2) is 13.2 Å². The van der Waals surface area contributed by atoms with Crippen LogP contribution in [0.4, 0.5) is 24.5 Å². The van der Waals surface area contributed by atoms with Gasteiger partial charge in [0.2, 0.25) is 5.91 Å². The molecule has 4 aromatic rings. The number of carbonyl (C=O) groups is 2. The molecule has 0 bridgehead atoms. The number of benzene rings is 2. The Hall–Kier alpha value is -5.13. The SMILES string of the molecule is C=CC(=O)N1CC2C(=O)N(C)c3c(c4cc(F)c(-c5c(O)cccc5F)c(F)c4n(-c4c(C)ccnc4C(C)C)c3=O)N2CC1C. The van der Waals surface area contributed by atoms with Crippen LogP contribution in [0.25, 0.3) is 27.7 Å². The predicted molar refractivity (Wildman–Crippen MR) is 169 cm³/mol. The van der Waals surface area contributed by atoms with Gasteiger partial charge in [0.25, 0.3) is 11.5 Å². The number of amides is 2. The van der Waals surface area contributed by atoms with Gasteiger partial charge in [-0.3, -0.25) is 23.9 Å². The smallest absolute Gasteiger partial charge is 0.281 e. The number of piperazine rings is 1. The van der Waals surface area contributed by atoms with Crippen molar-refractivity contribution in [2.75, 3.05) is 29.9 Å². The van der Waals surface area contributed by atoms with E-state index < -0.39 is 57.9 Å². The molecule has 1 N–H and O–H groups in total. The fraction of sp³-hybridized carbons (Fsp3) is 0.294. The molecule has 6 rings (SSSR count). The molecule has 0 aliphatic carbocycles. The number of nitrogens with zero attached hydrogens (tertiary/aromatic N) is 5. The number of rotatable bonds is 4. The molecule has 2 amide bonds. The summed E-state index contributed by atoms with van der Waals surface area (Å²) in [6, 6.07) is 4.51. The number of halogens is 3. The molecule has 4 heterocycles. The third-order valence-corrected chi connectivity index (χ3v) is 8.90. The third-order valence-electron chi connectivity index (χ3n) is 8.90. The van der Waals surface area contributed by atoms with Crippen molar-refractivity contribution in [1.29, 1.82) is 0 Å². The number of pyridine rings is 2. The van der Waals surface area contributed by atoms with Gasteiger partial charge in [-0.05, 0) is 55.7 Å². The Labute approximate surface area is 262 Å². The van der Waals surface area contributed by atoms with E-state index in [0.717, 1.165) is 33.7 Å². The molecule has 2 aromatic heterocycles. The number of phenols is 1. The third kappa shape index (κ3) is 4.38. The van der Waals surface area contributed by atoms with Gasteiger partial charge in [0.05, 0.1) is 40.3 Å². The summed E-state index contributed by atoms with van der Waals surface area (Å²) in [5, 5.41) is 10.5. The summed E-state index contributed by atoms with van der Waals surface area (Å²) >= 11 is 0. The summed E-state index contributed by atoms with van der Waals surface area (Å²) in [4.78, 5) is 50.0. The van der Waals surface area contributed by atoms with Crippen LogP contribution in [-0.2, 0) is 9.59 Å². The molecule has 1 fully saturated rings. The Bertz CT molecular complexity index is 2020. The van der Waals surface area contributed by atoms with Crippen LogP contribution >= 0.6 is 0 Å². The lowest BCUT2D eigenvalue weighted by Gasteiger charge is -2.50. The lowest BCUT2D eigenvalue weighted by atomic mass is 9.94. The van der Waals surface area contributed by atoms with Crippen LogP contribution in [-0.4, -0.2) is 63.6 Å². The van der Waals surface area contributed by atoms with Crippen molar-refractivity contribution in [2.45, 2.75) is 45.7 Å². The minimum atomic E-state index is -1.28. The molecule has 9 nitrogen and oxygen atoms in total. The Morgan fingerprint density at radius 1 is 1.07 bits per heavy atom. The van der Waals surface area contributed by atoms with Crippen molar-refractivity contribution in [3.63, 3.8) is 0 Å². The van der Waals surface area contributed by atoms with E-state index in [1.165, 1.54) is 18.0 Å². The van der Waals surface area contributed by atoms with E-state index in [-0.39, 0.29) is 52.9 Å². The molecule has 0 spiro atoms. The molecule has 2 aliphatic heterocycles. The van der Waals surface area contributed by atoms with E-state index >= 15 is 13.2 Å². The zero-order valence-electron chi connectivity index (χ0n) is 25.9. The van der Waals surface area contributed by atoms with Crippen molar-refractivity contribution < 1.29 is 27.9 Å². The Kier molecular flexibility index (Phi) is 7.41. The van der Waals surface area contributed by atoms with Crippen LogP contribution in [0, 0.1) is 24.4 Å². The number of aromatic nitrogens is 2. The van der Waals surface area contributed by atoms with Crippen molar-refractivity contribution in [3.05, 3.63) is 88.2 Å². The molecule has 2 unspecified atom stereocenters. The lowest BCUT2D eigenvalue weighted by molar-refractivity contribution is -0.130. The monoisotopic (exact) mass is 631 g/mol. The summed E-state index contributed by atoms with van der Waals surface area (Å²) in [7, 11) is 1.41. The topological polar surface area (TPSA) is 99.0 Å². The standard InChI is InChI=1S/C34H32F3N5O4/c1-7-24(44)40-15-22-33(45)39(6)32-31(41(22)14-18(40)5)19-13-21(36)26(25-20(35)9-8-10-23(25)43)27(37)30(19)42(34(32)46)29-17(4)11-12-38-28(29)16(2)3/h7-13,16,18,22,43H,1,14-15H2,2-6H3. The largest absolute Gasteiger partial charge is 0.507 e. The van der Waals surface area contributed by atoms with Gasteiger partial charge in [0, 0.05) is 31.2 Å². The summed E-state index contributed by atoms with van der Waals surface area (Å²) in [6.07, 6.45) is 2.71. The van der Waals surface area contributed by atoms with E-state index in [1.807, 2.05) is 13.8 Å². The maximum atomic E-state index is 17.2. The van der Waals surface area contributed by atoms with Gasteiger partial charge >= 0.3 is 0 Å². The Morgan fingerprint density at radius 3 is 2.43 bits per heavy atom. The van der Waals surface area contributed by atoms with Gasteiger partial charge in [0.15, 0.2) is 5.82 Å². The summed E-state index contributed by atoms with van der Waals surface area (Å²) in [5.41, 5.74) is -1.47. The van der Waals surface area contributed by atoms with Gasteiger partial charge in [-0.2, -0.15) is 0 Å². The zero-order valence-corrected chi connectivity index (χ0v) is 25.9. The highest BCUT2D eigenvalue weighted by atomic mass is 19.1. The molecular formula is C34H32F3N5O4. The van der Waals surface area contributed by atoms with Crippen LogP contribution in [0.5, 0.6) is 5.75 Å². The highest BCUT2D eigenvalue weighted by molar-refractivity contribution is 6.13. The number of fused-ring (bicyclic) bond motifs is 5. The average molecular weight is 632 g/mol. The zero-order chi connectivity index (χ0) is 33.4. The van der Waals surface area contributed by atoms with Crippen molar-refractivity contribution in [2.24, 2.45) is 0 Å². The molecule has 238 valence electrons. The highest BCUT2D eigenvalue weighted by Gasteiger charge is 2.46. The predicted octanol–water partition coefficient (Wildman–Crippen LogP) is 5.18. The second kappa shape index (κ2) is 11.0. The normalized spacial score (nSPS) is 17.8. The highest BCUT2D eigenvalue weighted by Crippen LogP contribution is 2.46. The van der Waals surface area contributed by atoms with E-state index in [1.54, 1.807) is 31.0 Å². The molecule has 1 saturated heterocycles. The van der Waals surface area contributed by atoms with Crippen LogP contribution in [0.3, 0.4) is 0 Å². The second-order valence-corrected chi connectivity index (χ2v) is 12.0. The first-order valence-electron chi connectivity index (χ1n) is 14.8. The number of anilines is 2.